The molecule has 150 valence electrons. The van der Waals surface area contributed by atoms with Gasteiger partial charge in [0.15, 0.2) is 5.82 Å². The number of benzene rings is 2. The molecule has 0 spiro atoms. The Morgan fingerprint density at radius 3 is 2.47 bits per heavy atom. The predicted octanol–water partition coefficient (Wildman–Crippen LogP) is 4.27. The molecule has 2 heterocycles. The van der Waals surface area contributed by atoms with Crippen molar-refractivity contribution in [1.29, 1.82) is 0 Å². The van der Waals surface area contributed by atoms with E-state index in [0.29, 0.717) is 22.8 Å². The molecule has 0 fully saturated rings. The Kier molecular flexibility index (Phi) is 4.85. The van der Waals surface area contributed by atoms with Gasteiger partial charge in [0.1, 0.15) is 11.4 Å². The van der Waals surface area contributed by atoms with Crippen molar-refractivity contribution in [1.82, 2.24) is 14.3 Å². The van der Waals surface area contributed by atoms with Crippen LogP contribution in [-0.2, 0) is 0 Å². The van der Waals surface area contributed by atoms with Gasteiger partial charge < -0.3 is 9.88 Å². The lowest BCUT2D eigenvalue weighted by Gasteiger charge is -2.12. The number of anilines is 1. The standard InChI is InChI=1S/C21H16FN5O3/c1-14-18(5-4-6-19(14)27(29)30)24-20(28)17-13-23-26(16-9-7-15(22)8-10-16)21(17)25-11-2-3-12-25/h2-13H,1H3,(H,24,28). The zero-order valence-corrected chi connectivity index (χ0v) is 15.8. The van der Waals surface area contributed by atoms with E-state index in [2.05, 4.69) is 10.4 Å². The molecule has 4 aromatic rings. The largest absolute Gasteiger partial charge is 0.321 e. The molecule has 8 nitrogen and oxygen atoms in total. The van der Waals surface area contributed by atoms with Crippen LogP contribution >= 0.6 is 0 Å². The number of carbonyl (C=O) groups is 1. The first-order valence-electron chi connectivity index (χ1n) is 8.98. The van der Waals surface area contributed by atoms with Crippen LogP contribution < -0.4 is 5.32 Å². The summed E-state index contributed by atoms with van der Waals surface area (Å²) in [4.78, 5) is 23.7. The Labute approximate surface area is 170 Å². The molecule has 2 aromatic heterocycles. The molecule has 2 aromatic carbocycles. The summed E-state index contributed by atoms with van der Waals surface area (Å²) in [6.45, 7) is 1.57. The van der Waals surface area contributed by atoms with Crippen molar-refractivity contribution in [2.45, 2.75) is 6.92 Å². The molecule has 1 amide bonds. The molecule has 0 aliphatic carbocycles. The lowest BCUT2D eigenvalue weighted by atomic mass is 10.1. The first-order valence-corrected chi connectivity index (χ1v) is 8.98. The maximum atomic E-state index is 13.3. The highest BCUT2D eigenvalue weighted by Gasteiger charge is 2.22. The van der Waals surface area contributed by atoms with Gasteiger partial charge in [-0.25, -0.2) is 9.07 Å². The Morgan fingerprint density at radius 2 is 1.80 bits per heavy atom. The third kappa shape index (κ3) is 3.44. The lowest BCUT2D eigenvalue weighted by molar-refractivity contribution is -0.385. The molecule has 0 aliphatic heterocycles. The molecular formula is C21H16FN5O3. The Morgan fingerprint density at radius 1 is 1.10 bits per heavy atom. The first-order chi connectivity index (χ1) is 14.5. The highest BCUT2D eigenvalue weighted by molar-refractivity contribution is 6.07. The minimum atomic E-state index is -0.497. The molecule has 4 rings (SSSR count). The highest BCUT2D eigenvalue weighted by atomic mass is 19.1. The van der Waals surface area contributed by atoms with E-state index in [1.165, 1.54) is 35.1 Å². The maximum absolute atomic E-state index is 13.3. The SMILES string of the molecule is Cc1c(NC(=O)c2cnn(-c3ccc(F)cc3)c2-n2cccc2)cccc1[N+](=O)[O-]. The fourth-order valence-electron chi connectivity index (χ4n) is 3.14. The van der Waals surface area contributed by atoms with Crippen molar-refractivity contribution in [3.63, 3.8) is 0 Å². The third-order valence-electron chi connectivity index (χ3n) is 4.66. The smallest absolute Gasteiger partial charge is 0.274 e. The van der Waals surface area contributed by atoms with Gasteiger partial charge in [0.2, 0.25) is 0 Å². The van der Waals surface area contributed by atoms with Crippen LogP contribution in [0.25, 0.3) is 11.5 Å². The normalized spacial score (nSPS) is 10.7. The first kappa shape index (κ1) is 19.1. The van der Waals surface area contributed by atoms with E-state index in [9.17, 15) is 19.3 Å². The van der Waals surface area contributed by atoms with E-state index in [-0.39, 0.29) is 17.1 Å². The van der Waals surface area contributed by atoms with Crippen molar-refractivity contribution in [2.24, 2.45) is 0 Å². The van der Waals surface area contributed by atoms with E-state index in [1.54, 1.807) is 54.2 Å². The van der Waals surface area contributed by atoms with Crippen molar-refractivity contribution >= 4 is 17.3 Å². The maximum Gasteiger partial charge on any atom is 0.274 e. The lowest BCUT2D eigenvalue weighted by Crippen LogP contribution is -2.16. The second-order valence-electron chi connectivity index (χ2n) is 6.52. The third-order valence-corrected chi connectivity index (χ3v) is 4.66. The summed E-state index contributed by atoms with van der Waals surface area (Å²) in [6, 6.07) is 13.8. The van der Waals surface area contributed by atoms with Gasteiger partial charge in [-0.05, 0) is 49.4 Å². The minimum absolute atomic E-state index is 0.0829. The Bertz CT molecular complexity index is 1230. The average Bonchev–Trinajstić information content (AvgIpc) is 3.39. The van der Waals surface area contributed by atoms with Crippen molar-refractivity contribution in [3.8, 4) is 11.5 Å². The summed E-state index contributed by atoms with van der Waals surface area (Å²) in [5.41, 5.74) is 1.43. The number of halogens is 1. The number of hydrogen-bond acceptors (Lipinski definition) is 4. The quantitative estimate of drug-likeness (QED) is 0.396. The van der Waals surface area contributed by atoms with Gasteiger partial charge in [-0.3, -0.25) is 14.9 Å². The van der Waals surface area contributed by atoms with Gasteiger partial charge in [0.25, 0.3) is 11.6 Å². The van der Waals surface area contributed by atoms with Gasteiger partial charge in [0.05, 0.1) is 28.1 Å². The summed E-state index contributed by atoms with van der Waals surface area (Å²) < 4.78 is 16.6. The molecule has 1 N–H and O–H groups in total. The Hall–Kier alpha value is -4.27. The van der Waals surface area contributed by atoms with E-state index in [4.69, 9.17) is 0 Å². The fraction of sp³-hybridized carbons (Fsp3) is 0.0476. The monoisotopic (exact) mass is 405 g/mol. The number of nitro groups is 1. The molecule has 30 heavy (non-hydrogen) atoms. The van der Waals surface area contributed by atoms with E-state index < -0.39 is 10.8 Å². The zero-order chi connectivity index (χ0) is 21.3. The van der Waals surface area contributed by atoms with Crippen molar-refractivity contribution in [3.05, 3.63) is 100 Å². The Balaban J connectivity index is 1.76. The number of nitrogens with one attached hydrogen (secondary N) is 1. The average molecular weight is 405 g/mol. The van der Waals surface area contributed by atoms with Crippen LogP contribution in [0.4, 0.5) is 15.8 Å². The molecule has 0 atom stereocenters. The summed E-state index contributed by atoms with van der Waals surface area (Å²) in [6.07, 6.45) is 4.92. The van der Waals surface area contributed by atoms with Crippen LogP contribution in [0.15, 0.2) is 73.2 Å². The highest BCUT2D eigenvalue weighted by Crippen LogP contribution is 2.27. The predicted molar refractivity (Wildman–Crippen MR) is 109 cm³/mol. The second kappa shape index (κ2) is 7.63. The van der Waals surface area contributed by atoms with Gasteiger partial charge in [0, 0.05) is 18.5 Å². The summed E-state index contributed by atoms with van der Waals surface area (Å²) >= 11 is 0. The van der Waals surface area contributed by atoms with Crippen LogP contribution in [0.1, 0.15) is 15.9 Å². The van der Waals surface area contributed by atoms with E-state index in [0.717, 1.165) is 0 Å². The van der Waals surface area contributed by atoms with Crippen molar-refractivity contribution in [2.75, 3.05) is 5.32 Å². The molecule has 0 saturated carbocycles. The number of nitro benzene ring substituents is 1. The minimum Gasteiger partial charge on any atom is -0.321 e. The van der Waals surface area contributed by atoms with E-state index >= 15 is 0 Å². The summed E-state index contributed by atoms with van der Waals surface area (Å²) in [7, 11) is 0. The van der Waals surface area contributed by atoms with Crippen LogP contribution in [0, 0.1) is 22.9 Å². The van der Waals surface area contributed by atoms with Gasteiger partial charge in [-0.1, -0.05) is 6.07 Å². The number of carbonyl (C=O) groups excluding carboxylic acids is 1. The van der Waals surface area contributed by atoms with Crippen molar-refractivity contribution < 1.29 is 14.1 Å². The van der Waals surface area contributed by atoms with Gasteiger partial charge in [-0.15, -0.1) is 0 Å². The number of hydrogen-bond donors (Lipinski definition) is 1. The number of aromatic nitrogens is 3. The molecule has 0 saturated heterocycles. The second-order valence-corrected chi connectivity index (χ2v) is 6.52. The molecule has 0 radical (unpaired) electrons. The fourth-order valence-corrected chi connectivity index (χ4v) is 3.14. The van der Waals surface area contributed by atoms with Crippen LogP contribution in [0.3, 0.4) is 0 Å². The number of amides is 1. The number of rotatable bonds is 5. The molecule has 9 heteroatoms. The topological polar surface area (TPSA) is 95.0 Å². The van der Waals surface area contributed by atoms with Crippen LogP contribution in [0.2, 0.25) is 0 Å². The molecule has 0 bridgehead atoms. The summed E-state index contributed by atoms with van der Waals surface area (Å²) in [5, 5.41) is 18.2. The summed E-state index contributed by atoms with van der Waals surface area (Å²) in [5.74, 6) is -0.407. The molecule has 0 unspecified atom stereocenters. The molecular weight excluding hydrogens is 389 g/mol. The zero-order valence-electron chi connectivity index (χ0n) is 15.8. The van der Waals surface area contributed by atoms with E-state index in [1.807, 2.05) is 0 Å². The number of nitrogens with zero attached hydrogens (tertiary/aromatic N) is 4. The molecule has 0 aliphatic rings. The van der Waals surface area contributed by atoms with Crippen LogP contribution in [0.5, 0.6) is 0 Å². The van der Waals surface area contributed by atoms with Gasteiger partial charge >= 0.3 is 0 Å². The van der Waals surface area contributed by atoms with Gasteiger partial charge in [-0.2, -0.15) is 5.10 Å². The van der Waals surface area contributed by atoms with Crippen LogP contribution in [-0.4, -0.2) is 25.2 Å².